The third-order valence-corrected chi connectivity index (χ3v) is 4.70. The second-order valence-electron chi connectivity index (χ2n) is 7.00. The molecule has 1 saturated carbocycles. The Morgan fingerprint density at radius 2 is 2.00 bits per heavy atom. The van der Waals surface area contributed by atoms with E-state index >= 15 is 0 Å². The van der Waals surface area contributed by atoms with Crippen molar-refractivity contribution >= 4 is 5.91 Å². The summed E-state index contributed by atoms with van der Waals surface area (Å²) in [5, 5.41) is 0. The van der Waals surface area contributed by atoms with E-state index in [0.717, 1.165) is 31.2 Å². The average molecular weight is 357 g/mol. The molecular formula is C21H27NO4. The first-order valence-electron chi connectivity index (χ1n) is 9.26. The molecule has 2 aromatic rings. The van der Waals surface area contributed by atoms with Gasteiger partial charge in [-0.2, -0.15) is 0 Å². The molecule has 0 saturated heterocycles. The summed E-state index contributed by atoms with van der Waals surface area (Å²) in [4.78, 5) is 14.9. The zero-order valence-electron chi connectivity index (χ0n) is 15.7. The standard InChI is InChI=1S/C21H27NO4/c1-15(2)26-20-13-16(10-11-18(20)24-3)14-22(17-7-4-5-8-17)21(23)19-9-6-12-25-19/h6,9-13,15,17H,4-5,7-8,14H2,1-3H3. The maximum absolute atomic E-state index is 13.0. The molecule has 0 atom stereocenters. The summed E-state index contributed by atoms with van der Waals surface area (Å²) in [6, 6.07) is 9.59. The van der Waals surface area contributed by atoms with Crippen molar-refractivity contribution in [1.82, 2.24) is 4.90 Å². The fourth-order valence-electron chi connectivity index (χ4n) is 3.49. The van der Waals surface area contributed by atoms with E-state index in [2.05, 4.69) is 0 Å². The Labute approximate surface area is 154 Å². The quantitative estimate of drug-likeness (QED) is 0.723. The minimum absolute atomic E-state index is 0.0508. The number of benzene rings is 1. The highest BCUT2D eigenvalue weighted by molar-refractivity contribution is 5.91. The molecular weight excluding hydrogens is 330 g/mol. The molecule has 3 rings (SSSR count). The van der Waals surface area contributed by atoms with Crippen molar-refractivity contribution in [3.63, 3.8) is 0 Å². The number of furan rings is 1. The van der Waals surface area contributed by atoms with Gasteiger partial charge in [0.1, 0.15) is 0 Å². The van der Waals surface area contributed by atoms with Crippen LogP contribution in [-0.4, -0.2) is 30.1 Å². The molecule has 1 aliphatic carbocycles. The Kier molecular flexibility index (Phi) is 5.86. The van der Waals surface area contributed by atoms with E-state index in [4.69, 9.17) is 13.9 Å². The van der Waals surface area contributed by atoms with E-state index < -0.39 is 0 Å². The Balaban J connectivity index is 1.85. The number of carbonyl (C=O) groups excluding carboxylic acids is 1. The van der Waals surface area contributed by atoms with Crippen molar-refractivity contribution in [3.05, 3.63) is 47.9 Å². The van der Waals surface area contributed by atoms with Crippen LogP contribution in [0, 0.1) is 0 Å². The van der Waals surface area contributed by atoms with Crippen LogP contribution in [0.5, 0.6) is 11.5 Å². The van der Waals surface area contributed by atoms with Crippen LogP contribution in [0.15, 0.2) is 41.0 Å². The Bertz CT molecular complexity index is 718. The van der Waals surface area contributed by atoms with Crippen molar-refractivity contribution in [2.75, 3.05) is 7.11 Å². The summed E-state index contributed by atoms with van der Waals surface area (Å²) in [6.45, 7) is 4.50. The van der Waals surface area contributed by atoms with Crippen molar-refractivity contribution in [3.8, 4) is 11.5 Å². The number of hydrogen-bond donors (Lipinski definition) is 0. The highest BCUT2D eigenvalue weighted by Crippen LogP contribution is 2.31. The monoisotopic (exact) mass is 357 g/mol. The molecule has 1 fully saturated rings. The number of rotatable bonds is 7. The van der Waals surface area contributed by atoms with E-state index in [9.17, 15) is 4.79 Å². The van der Waals surface area contributed by atoms with Gasteiger partial charge >= 0.3 is 0 Å². The van der Waals surface area contributed by atoms with Crippen molar-refractivity contribution in [2.45, 2.75) is 58.2 Å². The normalized spacial score (nSPS) is 14.6. The topological polar surface area (TPSA) is 51.9 Å². The second-order valence-corrected chi connectivity index (χ2v) is 7.00. The van der Waals surface area contributed by atoms with Gasteiger partial charge in [0.15, 0.2) is 17.3 Å². The molecule has 0 N–H and O–H groups in total. The SMILES string of the molecule is COc1ccc(CN(C(=O)c2ccco2)C2CCCC2)cc1OC(C)C. The number of amides is 1. The lowest BCUT2D eigenvalue weighted by Gasteiger charge is -2.28. The van der Waals surface area contributed by atoms with Crippen LogP contribution < -0.4 is 9.47 Å². The third-order valence-electron chi connectivity index (χ3n) is 4.70. The number of carbonyl (C=O) groups is 1. The molecule has 1 heterocycles. The summed E-state index contributed by atoms with van der Waals surface area (Å²) < 4.78 is 16.6. The van der Waals surface area contributed by atoms with Crippen molar-refractivity contribution < 1.29 is 18.7 Å². The smallest absolute Gasteiger partial charge is 0.290 e. The van der Waals surface area contributed by atoms with Gasteiger partial charge in [-0.15, -0.1) is 0 Å². The molecule has 0 radical (unpaired) electrons. The highest BCUT2D eigenvalue weighted by Gasteiger charge is 2.29. The summed E-state index contributed by atoms with van der Waals surface area (Å²) in [5.41, 5.74) is 1.02. The molecule has 0 unspecified atom stereocenters. The van der Waals surface area contributed by atoms with Crippen LogP contribution in [-0.2, 0) is 6.54 Å². The Hall–Kier alpha value is -2.43. The van der Waals surface area contributed by atoms with Crippen LogP contribution in [0.25, 0.3) is 0 Å². The minimum Gasteiger partial charge on any atom is -0.493 e. The average Bonchev–Trinajstić information content (AvgIpc) is 3.32. The van der Waals surface area contributed by atoms with Crippen LogP contribution in [0.1, 0.15) is 55.6 Å². The molecule has 1 aliphatic rings. The lowest BCUT2D eigenvalue weighted by atomic mass is 10.1. The highest BCUT2D eigenvalue weighted by atomic mass is 16.5. The second kappa shape index (κ2) is 8.30. The number of methoxy groups -OCH3 is 1. The van der Waals surface area contributed by atoms with Gasteiger partial charge in [0.2, 0.25) is 0 Å². The van der Waals surface area contributed by atoms with E-state index in [1.807, 2.05) is 36.9 Å². The van der Waals surface area contributed by atoms with Crippen molar-refractivity contribution in [2.24, 2.45) is 0 Å². The molecule has 0 spiro atoms. The van der Waals surface area contributed by atoms with Crippen LogP contribution in [0.3, 0.4) is 0 Å². The maximum atomic E-state index is 13.0. The van der Waals surface area contributed by atoms with Gasteiger partial charge in [0.05, 0.1) is 19.5 Å². The fraction of sp³-hybridized carbons (Fsp3) is 0.476. The third kappa shape index (κ3) is 4.21. The number of hydrogen-bond acceptors (Lipinski definition) is 4. The van der Waals surface area contributed by atoms with Gasteiger partial charge in [-0.05, 0) is 56.5 Å². The van der Waals surface area contributed by atoms with E-state index in [0.29, 0.717) is 23.8 Å². The zero-order chi connectivity index (χ0) is 18.5. The van der Waals surface area contributed by atoms with Crippen LogP contribution in [0.4, 0.5) is 0 Å². The van der Waals surface area contributed by atoms with Gasteiger partial charge < -0.3 is 18.8 Å². The first-order valence-corrected chi connectivity index (χ1v) is 9.26. The lowest BCUT2D eigenvalue weighted by Crippen LogP contribution is -2.38. The van der Waals surface area contributed by atoms with E-state index in [1.165, 1.54) is 0 Å². The van der Waals surface area contributed by atoms with Crippen LogP contribution >= 0.6 is 0 Å². The molecule has 5 nitrogen and oxygen atoms in total. The fourth-order valence-corrected chi connectivity index (χ4v) is 3.49. The first kappa shape index (κ1) is 18.4. The molecule has 140 valence electrons. The van der Waals surface area contributed by atoms with E-state index in [-0.39, 0.29) is 18.1 Å². The summed E-state index contributed by atoms with van der Waals surface area (Å²) in [6.07, 6.45) is 6.00. The summed E-state index contributed by atoms with van der Waals surface area (Å²) >= 11 is 0. The molecule has 5 heteroatoms. The van der Waals surface area contributed by atoms with E-state index in [1.54, 1.807) is 25.5 Å². The molecule has 0 bridgehead atoms. The Morgan fingerprint density at radius 3 is 2.62 bits per heavy atom. The van der Waals surface area contributed by atoms with Gasteiger partial charge in [-0.3, -0.25) is 4.79 Å². The lowest BCUT2D eigenvalue weighted by molar-refractivity contribution is 0.0631. The molecule has 26 heavy (non-hydrogen) atoms. The molecule has 0 aliphatic heterocycles. The minimum atomic E-state index is -0.0518. The van der Waals surface area contributed by atoms with Gasteiger partial charge in [-0.1, -0.05) is 18.9 Å². The Morgan fingerprint density at radius 1 is 1.23 bits per heavy atom. The maximum Gasteiger partial charge on any atom is 0.290 e. The van der Waals surface area contributed by atoms with Gasteiger partial charge in [0, 0.05) is 12.6 Å². The number of nitrogens with zero attached hydrogens (tertiary/aromatic N) is 1. The largest absolute Gasteiger partial charge is 0.493 e. The van der Waals surface area contributed by atoms with Gasteiger partial charge in [0.25, 0.3) is 5.91 Å². The summed E-state index contributed by atoms with van der Waals surface area (Å²) in [5.74, 6) is 1.75. The van der Waals surface area contributed by atoms with Gasteiger partial charge in [-0.25, -0.2) is 0 Å². The predicted octanol–water partition coefficient (Wildman–Crippen LogP) is 4.66. The molecule has 1 amide bonds. The number of ether oxygens (including phenoxy) is 2. The molecule has 1 aromatic heterocycles. The van der Waals surface area contributed by atoms with Crippen molar-refractivity contribution in [1.29, 1.82) is 0 Å². The zero-order valence-corrected chi connectivity index (χ0v) is 15.7. The molecule has 1 aromatic carbocycles. The summed E-state index contributed by atoms with van der Waals surface area (Å²) in [7, 11) is 1.63. The van der Waals surface area contributed by atoms with Crippen LogP contribution in [0.2, 0.25) is 0 Å². The predicted molar refractivity (Wildman–Crippen MR) is 99.6 cm³/mol. The first-order chi connectivity index (χ1) is 12.6.